The molecule has 0 spiro atoms. The molecule has 0 aliphatic carbocycles. The van der Waals surface area contributed by atoms with E-state index >= 15 is 0 Å². The van der Waals surface area contributed by atoms with E-state index in [1.165, 1.54) is 14.2 Å². The molecule has 9 nitrogen and oxygen atoms in total. The minimum absolute atomic E-state index is 0.0561. The van der Waals surface area contributed by atoms with Gasteiger partial charge in [0.15, 0.2) is 0 Å². The quantitative estimate of drug-likeness (QED) is 0.459. The van der Waals surface area contributed by atoms with Gasteiger partial charge in [-0.25, -0.2) is 9.67 Å². The van der Waals surface area contributed by atoms with Crippen LogP contribution in [-0.2, 0) is 11.1 Å². The molecule has 166 valence electrons. The normalized spacial score (nSPS) is 11.4. The van der Waals surface area contributed by atoms with Crippen molar-refractivity contribution in [2.75, 3.05) is 14.2 Å². The number of primary amides is 1. The van der Waals surface area contributed by atoms with Crippen LogP contribution in [0.4, 0.5) is 0 Å². The number of ether oxygens (including phenoxy) is 2. The fourth-order valence-corrected chi connectivity index (χ4v) is 3.68. The number of benzene rings is 2. The molecule has 1 amide bonds. The Kier molecular flexibility index (Phi) is 7.18. The van der Waals surface area contributed by atoms with Crippen LogP contribution in [0.1, 0.15) is 16.1 Å². The maximum absolute atomic E-state index is 11.1. The standard InChI is InChI=1S/C13H10N4O.C9H12O4S/c14-13(18)11-6-5-9-10(16-11)3-1-4-12(9)17-8-2-7-15-17;1-6-4-7(12-2)9(14(10)11)8(5-6)13-3/h1-8H,(H2,14,18);4-5H,1-3H3,(H,10,11)/p-1. The third kappa shape index (κ3) is 4.93. The number of nitrogens with zero attached hydrogens (tertiary/aromatic N) is 3. The topological polar surface area (TPSA) is 132 Å². The summed E-state index contributed by atoms with van der Waals surface area (Å²) >= 11 is -2.36. The van der Waals surface area contributed by atoms with Gasteiger partial charge >= 0.3 is 0 Å². The van der Waals surface area contributed by atoms with Crippen molar-refractivity contribution >= 4 is 27.9 Å². The molecule has 0 radical (unpaired) electrons. The maximum atomic E-state index is 11.1. The molecule has 0 fully saturated rings. The molecule has 1 atom stereocenters. The maximum Gasteiger partial charge on any atom is 0.267 e. The van der Waals surface area contributed by atoms with Gasteiger partial charge in [0.1, 0.15) is 22.1 Å². The second kappa shape index (κ2) is 10.0. The number of methoxy groups -OCH3 is 2. The Labute approximate surface area is 187 Å². The molecule has 1 unspecified atom stereocenters. The van der Waals surface area contributed by atoms with Crippen molar-refractivity contribution in [2.45, 2.75) is 11.8 Å². The monoisotopic (exact) mass is 453 g/mol. The molecule has 2 aromatic carbocycles. The lowest BCUT2D eigenvalue weighted by Gasteiger charge is -2.15. The molecule has 0 saturated carbocycles. The summed E-state index contributed by atoms with van der Waals surface area (Å²) in [5.74, 6) is 0.0757. The molecule has 2 aromatic heterocycles. The molecule has 32 heavy (non-hydrogen) atoms. The van der Waals surface area contributed by atoms with Gasteiger partial charge in [-0.2, -0.15) is 5.10 Å². The zero-order valence-electron chi connectivity index (χ0n) is 17.6. The van der Waals surface area contributed by atoms with Crippen molar-refractivity contribution in [1.82, 2.24) is 14.8 Å². The summed E-state index contributed by atoms with van der Waals surface area (Å²) in [7, 11) is 2.84. The minimum atomic E-state index is -2.36. The smallest absolute Gasteiger partial charge is 0.267 e. The van der Waals surface area contributed by atoms with Gasteiger partial charge in [0.05, 0.1) is 25.4 Å². The number of amides is 1. The summed E-state index contributed by atoms with van der Waals surface area (Å²) in [6, 6.07) is 14.3. The molecule has 2 N–H and O–H groups in total. The van der Waals surface area contributed by atoms with Gasteiger partial charge in [0.25, 0.3) is 5.91 Å². The van der Waals surface area contributed by atoms with Gasteiger partial charge in [-0.05, 0) is 66.0 Å². The molecule has 0 aliphatic rings. The zero-order valence-corrected chi connectivity index (χ0v) is 18.5. The Morgan fingerprint density at radius 2 is 1.78 bits per heavy atom. The van der Waals surface area contributed by atoms with Gasteiger partial charge < -0.3 is 19.8 Å². The molecular weight excluding hydrogens is 432 g/mol. The number of hydrogen-bond acceptors (Lipinski definition) is 7. The van der Waals surface area contributed by atoms with Gasteiger partial charge in [0.2, 0.25) is 0 Å². The number of carbonyl (C=O) groups is 1. The van der Waals surface area contributed by atoms with Crippen molar-refractivity contribution in [2.24, 2.45) is 5.73 Å². The summed E-state index contributed by atoms with van der Waals surface area (Å²) in [6.07, 6.45) is 3.57. The molecule has 0 aliphatic heterocycles. The predicted octanol–water partition coefficient (Wildman–Crippen LogP) is 2.77. The lowest BCUT2D eigenvalue weighted by molar-refractivity contribution is 0.0996. The van der Waals surface area contributed by atoms with Crippen molar-refractivity contribution in [3.8, 4) is 17.2 Å². The van der Waals surface area contributed by atoms with E-state index in [9.17, 15) is 13.6 Å². The highest BCUT2D eigenvalue weighted by Crippen LogP contribution is 2.32. The molecule has 4 rings (SSSR count). The fourth-order valence-electron chi connectivity index (χ4n) is 3.06. The second-order valence-corrected chi connectivity index (χ2v) is 7.47. The first-order valence-corrected chi connectivity index (χ1v) is 10.4. The number of aryl methyl sites for hydroxylation is 1. The number of hydrogen-bond donors (Lipinski definition) is 1. The van der Waals surface area contributed by atoms with E-state index in [1.807, 2.05) is 43.5 Å². The number of aromatic nitrogens is 3. The lowest BCUT2D eigenvalue weighted by atomic mass is 10.1. The first-order chi connectivity index (χ1) is 15.3. The van der Waals surface area contributed by atoms with Crippen molar-refractivity contribution in [1.29, 1.82) is 0 Å². The Bertz CT molecular complexity index is 1250. The van der Waals surface area contributed by atoms with Crippen LogP contribution < -0.4 is 15.2 Å². The van der Waals surface area contributed by atoms with Crippen LogP contribution in [0, 0.1) is 6.92 Å². The largest absolute Gasteiger partial charge is 0.768 e. The van der Waals surface area contributed by atoms with Gasteiger partial charge in [-0.1, -0.05) is 6.07 Å². The van der Waals surface area contributed by atoms with Crippen molar-refractivity contribution in [3.63, 3.8) is 0 Å². The van der Waals surface area contributed by atoms with E-state index in [0.717, 1.165) is 22.2 Å². The third-order valence-electron chi connectivity index (χ3n) is 4.48. The fraction of sp³-hybridized carbons (Fsp3) is 0.136. The summed E-state index contributed by atoms with van der Waals surface area (Å²) < 4.78 is 33.5. The Morgan fingerprint density at radius 1 is 1.09 bits per heavy atom. The van der Waals surface area contributed by atoms with E-state index in [-0.39, 0.29) is 10.6 Å². The number of pyridine rings is 1. The molecule has 2 heterocycles. The van der Waals surface area contributed by atoms with Crippen molar-refractivity contribution < 1.29 is 23.0 Å². The average molecular weight is 454 g/mol. The predicted molar refractivity (Wildman–Crippen MR) is 119 cm³/mol. The molecule has 0 saturated heterocycles. The van der Waals surface area contributed by atoms with E-state index in [1.54, 1.807) is 29.1 Å². The third-order valence-corrected chi connectivity index (χ3v) is 5.22. The molecule has 4 aromatic rings. The minimum Gasteiger partial charge on any atom is -0.768 e. The molecule has 10 heteroatoms. The first kappa shape index (κ1) is 22.9. The highest BCUT2D eigenvalue weighted by Gasteiger charge is 2.11. The number of carbonyl (C=O) groups excluding carboxylic acids is 1. The highest BCUT2D eigenvalue weighted by atomic mass is 32.2. The Morgan fingerprint density at radius 3 is 2.31 bits per heavy atom. The van der Waals surface area contributed by atoms with E-state index in [0.29, 0.717) is 11.5 Å². The summed E-state index contributed by atoms with van der Waals surface area (Å²) in [4.78, 5) is 15.4. The van der Waals surface area contributed by atoms with Crippen LogP contribution in [0.3, 0.4) is 0 Å². The van der Waals surface area contributed by atoms with Crippen LogP contribution in [0.15, 0.2) is 65.8 Å². The van der Waals surface area contributed by atoms with Crippen LogP contribution in [0.2, 0.25) is 0 Å². The summed E-state index contributed by atoms with van der Waals surface area (Å²) in [5, 5.41) is 5.11. The van der Waals surface area contributed by atoms with E-state index in [2.05, 4.69) is 10.1 Å². The second-order valence-electron chi connectivity index (χ2n) is 6.59. The van der Waals surface area contributed by atoms with E-state index in [4.69, 9.17) is 15.2 Å². The summed E-state index contributed by atoms with van der Waals surface area (Å²) in [5.41, 5.74) is 8.00. The SMILES string of the molecule is COc1cc(C)cc(OC)c1S(=O)[O-].NC(=O)c1ccc2c(-n3cccn3)cccc2n1. The van der Waals surface area contributed by atoms with Gasteiger partial charge in [-0.15, -0.1) is 0 Å². The molecular formula is C22H21N4O5S-. The number of fused-ring (bicyclic) bond motifs is 1. The highest BCUT2D eigenvalue weighted by molar-refractivity contribution is 7.79. The van der Waals surface area contributed by atoms with Gasteiger partial charge in [-0.3, -0.25) is 9.00 Å². The van der Waals surface area contributed by atoms with Crippen LogP contribution in [0.25, 0.3) is 16.6 Å². The Balaban J connectivity index is 0.000000188. The zero-order chi connectivity index (χ0) is 23.3. The lowest BCUT2D eigenvalue weighted by Crippen LogP contribution is -2.12. The van der Waals surface area contributed by atoms with Gasteiger partial charge in [0, 0.05) is 17.8 Å². The van der Waals surface area contributed by atoms with E-state index < -0.39 is 17.0 Å². The Hall–Kier alpha value is -3.76. The molecule has 0 bridgehead atoms. The number of rotatable bonds is 5. The first-order valence-electron chi connectivity index (χ1n) is 9.37. The van der Waals surface area contributed by atoms with Crippen LogP contribution in [0.5, 0.6) is 11.5 Å². The van der Waals surface area contributed by atoms with Crippen LogP contribution in [-0.4, -0.2) is 43.7 Å². The number of nitrogens with two attached hydrogens (primary N) is 1. The summed E-state index contributed by atoms with van der Waals surface area (Å²) in [6.45, 7) is 1.84. The van der Waals surface area contributed by atoms with Crippen LogP contribution >= 0.6 is 0 Å². The van der Waals surface area contributed by atoms with Crippen molar-refractivity contribution in [3.05, 3.63) is 72.2 Å². The average Bonchev–Trinajstić information content (AvgIpc) is 3.32.